The molecule has 142 valence electrons. The van der Waals surface area contributed by atoms with Gasteiger partial charge in [0.15, 0.2) is 5.96 Å². The minimum absolute atomic E-state index is 0. The van der Waals surface area contributed by atoms with Crippen molar-refractivity contribution < 1.29 is 0 Å². The van der Waals surface area contributed by atoms with Crippen LogP contribution in [0.25, 0.3) is 0 Å². The van der Waals surface area contributed by atoms with Crippen LogP contribution in [0.5, 0.6) is 0 Å². The van der Waals surface area contributed by atoms with Crippen molar-refractivity contribution >= 4 is 29.9 Å². The first-order chi connectivity index (χ1) is 11.7. The number of nitrogens with zero attached hydrogens (tertiary/aromatic N) is 4. The normalized spacial score (nSPS) is 30.7. The maximum Gasteiger partial charge on any atom is 0.193 e. The molecule has 1 N–H and O–H groups in total. The van der Waals surface area contributed by atoms with Gasteiger partial charge in [0, 0.05) is 39.1 Å². The maximum atomic E-state index is 4.56. The van der Waals surface area contributed by atoms with E-state index >= 15 is 0 Å². The summed E-state index contributed by atoms with van der Waals surface area (Å²) < 4.78 is 2.26. The van der Waals surface area contributed by atoms with Gasteiger partial charge < -0.3 is 14.8 Å². The number of aliphatic imine (C=N–C) groups is 1. The number of imidazole rings is 1. The van der Waals surface area contributed by atoms with Gasteiger partial charge in [0.1, 0.15) is 0 Å². The number of hydrogen-bond acceptors (Lipinski definition) is 2. The molecule has 1 saturated heterocycles. The van der Waals surface area contributed by atoms with E-state index in [1.54, 1.807) is 0 Å². The second kappa shape index (κ2) is 9.78. The van der Waals surface area contributed by atoms with E-state index in [1.165, 1.54) is 32.1 Å². The predicted octanol–water partition coefficient (Wildman–Crippen LogP) is 3.79. The Bertz CT molecular complexity index is 522. The molecule has 0 aromatic carbocycles. The molecule has 2 aliphatic rings. The Morgan fingerprint density at radius 3 is 2.60 bits per heavy atom. The van der Waals surface area contributed by atoms with Crippen LogP contribution in [0.15, 0.2) is 23.7 Å². The summed E-state index contributed by atoms with van der Waals surface area (Å²) in [5, 5.41) is 3.66. The highest BCUT2D eigenvalue weighted by atomic mass is 127. The molecule has 0 spiro atoms. The topological polar surface area (TPSA) is 45.5 Å². The summed E-state index contributed by atoms with van der Waals surface area (Å²) in [4.78, 5) is 11.2. The average Bonchev–Trinajstić information content (AvgIpc) is 3.12. The average molecular weight is 459 g/mol. The Hall–Kier alpha value is -0.790. The monoisotopic (exact) mass is 459 g/mol. The van der Waals surface area contributed by atoms with Crippen LogP contribution in [-0.4, -0.2) is 47.1 Å². The van der Waals surface area contributed by atoms with Gasteiger partial charge in [-0.3, -0.25) is 4.99 Å². The number of piperidine rings is 1. The van der Waals surface area contributed by atoms with Crippen LogP contribution in [0, 0.1) is 17.8 Å². The first kappa shape index (κ1) is 20.5. The van der Waals surface area contributed by atoms with E-state index in [4.69, 9.17) is 0 Å². The first-order valence-electron chi connectivity index (χ1n) is 9.60. The Balaban J connectivity index is 0.00000225. The highest BCUT2D eigenvalue weighted by molar-refractivity contribution is 14.0. The second-order valence-corrected chi connectivity index (χ2v) is 7.84. The van der Waals surface area contributed by atoms with Crippen LogP contribution >= 0.6 is 24.0 Å². The number of nitrogens with one attached hydrogen (secondary N) is 1. The van der Waals surface area contributed by atoms with E-state index < -0.39 is 0 Å². The summed E-state index contributed by atoms with van der Waals surface area (Å²) in [6, 6.07) is 0.482. The molecule has 1 saturated carbocycles. The second-order valence-electron chi connectivity index (χ2n) is 7.84. The molecule has 1 aromatic heterocycles. The summed E-state index contributed by atoms with van der Waals surface area (Å²) in [6.45, 7) is 7.91. The molecular weight excluding hydrogens is 425 g/mol. The van der Waals surface area contributed by atoms with Crippen LogP contribution in [0.4, 0.5) is 0 Å². The fraction of sp³-hybridized carbons (Fsp3) is 0.789. The van der Waals surface area contributed by atoms with E-state index in [1.807, 2.05) is 19.6 Å². The third kappa shape index (κ3) is 5.34. The summed E-state index contributed by atoms with van der Waals surface area (Å²) in [5.74, 6) is 3.48. The molecule has 2 heterocycles. The number of hydrogen-bond donors (Lipinski definition) is 1. The van der Waals surface area contributed by atoms with Crippen LogP contribution in [0.1, 0.15) is 52.0 Å². The van der Waals surface area contributed by atoms with Crippen molar-refractivity contribution in [3.05, 3.63) is 18.7 Å². The molecule has 1 aliphatic heterocycles. The molecule has 6 heteroatoms. The zero-order chi connectivity index (χ0) is 16.9. The Morgan fingerprint density at radius 2 is 1.96 bits per heavy atom. The van der Waals surface area contributed by atoms with Gasteiger partial charge in [-0.05, 0) is 37.0 Å². The highest BCUT2D eigenvalue weighted by Gasteiger charge is 2.29. The van der Waals surface area contributed by atoms with Crippen molar-refractivity contribution in [1.82, 2.24) is 19.8 Å². The number of likely N-dealkylation sites (tertiary alicyclic amines) is 1. The number of rotatable bonds is 3. The molecule has 2 atom stereocenters. The zero-order valence-corrected chi connectivity index (χ0v) is 18.2. The largest absolute Gasteiger partial charge is 0.356 e. The minimum Gasteiger partial charge on any atom is -0.356 e. The van der Waals surface area contributed by atoms with Crippen molar-refractivity contribution in [1.29, 1.82) is 0 Å². The Labute approximate surface area is 169 Å². The third-order valence-electron chi connectivity index (χ3n) is 6.02. The van der Waals surface area contributed by atoms with Crippen molar-refractivity contribution in [3.8, 4) is 0 Å². The molecule has 3 rings (SSSR count). The fourth-order valence-electron chi connectivity index (χ4n) is 4.20. The Kier molecular flexibility index (Phi) is 8.03. The van der Waals surface area contributed by atoms with Gasteiger partial charge in [0.05, 0.1) is 12.4 Å². The first-order valence-corrected chi connectivity index (χ1v) is 9.60. The maximum absolute atomic E-state index is 4.56. The van der Waals surface area contributed by atoms with Gasteiger partial charge in [-0.2, -0.15) is 0 Å². The van der Waals surface area contributed by atoms with E-state index in [0.29, 0.717) is 12.0 Å². The molecule has 25 heavy (non-hydrogen) atoms. The number of aromatic nitrogens is 2. The van der Waals surface area contributed by atoms with Crippen molar-refractivity contribution in [3.63, 3.8) is 0 Å². The molecule has 0 radical (unpaired) electrons. The van der Waals surface area contributed by atoms with Crippen LogP contribution in [0.2, 0.25) is 0 Å². The van der Waals surface area contributed by atoms with Gasteiger partial charge in [-0.1, -0.05) is 26.7 Å². The van der Waals surface area contributed by atoms with Crippen LogP contribution in [0.3, 0.4) is 0 Å². The molecule has 1 aliphatic carbocycles. The summed E-state index contributed by atoms with van der Waals surface area (Å²) in [7, 11) is 1.91. The lowest BCUT2D eigenvalue weighted by Gasteiger charge is -2.39. The SMILES string of the molecule is CN=C(NCC1CCC(C)CC1)N1CCC(C)C(n2ccnc2)C1.I. The molecular formula is C19H34IN5. The smallest absolute Gasteiger partial charge is 0.193 e. The fourth-order valence-corrected chi connectivity index (χ4v) is 4.20. The summed E-state index contributed by atoms with van der Waals surface area (Å²) in [6.07, 6.45) is 12.6. The van der Waals surface area contributed by atoms with Gasteiger partial charge in [-0.15, -0.1) is 24.0 Å². The van der Waals surface area contributed by atoms with Gasteiger partial charge >= 0.3 is 0 Å². The van der Waals surface area contributed by atoms with E-state index in [0.717, 1.165) is 37.4 Å². The van der Waals surface area contributed by atoms with Crippen molar-refractivity contribution in [2.45, 2.75) is 52.0 Å². The van der Waals surface area contributed by atoms with E-state index in [2.05, 4.69) is 44.8 Å². The van der Waals surface area contributed by atoms with Crippen LogP contribution < -0.4 is 5.32 Å². The van der Waals surface area contributed by atoms with E-state index in [-0.39, 0.29) is 24.0 Å². The molecule has 0 amide bonds. The zero-order valence-electron chi connectivity index (χ0n) is 15.9. The molecule has 5 nitrogen and oxygen atoms in total. The van der Waals surface area contributed by atoms with Crippen LogP contribution in [-0.2, 0) is 0 Å². The predicted molar refractivity (Wildman–Crippen MR) is 115 cm³/mol. The standard InChI is InChI=1S/C19H33N5.HI/c1-15-4-6-17(7-5-15)12-22-19(20-3)23-10-8-16(2)18(13-23)24-11-9-21-14-24;/h9,11,14-18H,4-8,10,12-13H2,1-3H3,(H,20,22);1H. The quantitative estimate of drug-likeness (QED) is 0.425. The lowest BCUT2D eigenvalue weighted by atomic mass is 9.83. The molecule has 0 bridgehead atoms. The van der Waals surface area contributed by atoms with Gasteiger partial charge in [-0.25, -0.2) is 4.98 Å². The summed E-state index contributed by atoms with van der Waals surface area (Å²) in [5.41, 5.74) is 0. The third-order valence-corrected chi connectivity index (χ3v) is 6.02. The summed E-state index contributed by atoms with van der Waals surface area (Å²) >= 11 is 0. The van der Waals surface area contributed by atoms with Gasteiger partial charge in [0.25, 0.3) is 0 Å². The van der Waals surface area contributed by atoms with Crippen molar-refractivity contribution in [2.24, 2.45) is 22.7 Å². The molecule has 1 aromatic rings. The minimum atomic E-state index is 0. The molecule has 2 fully saturated rings. The molecule has 2 unspecified atom stereocenters. The highest BCUT2D eigenvalue weighted by Crippen LogP contribution is 2.29. The number of guanidine groups is 1. The van der Waals surface area contributed by atoms with Crippen molar-refractivity contribution in [2.75, 3.05) is 26.7 Å². The van der Waals surface area contributed by atoms with E-state index in [9.17, 15) is 0 Å². The lowest BCUT2D eigenvalue weighted by Crippen LogP contribution is -2.49. The van der Waals surface area contributed by atoms with Gasteiger partial charge in [0.2, 0.25) is 0 Å². The lowest BCUT2D eigenvalue weighted by molar-refractivity contribution is 0.187. The number of halogens is 1. The Morgan fingerprint density at radius 1 is 1.20 bits per heavy atom.